The number of aromatic amines is 1. The van der Waals surface area contributed by atoms with Crippen LogP contribution in [0.1, 0.15) is 34.4 Å². The van der Waals surface area contributed by atoms with Gasteiger partial charge in [-0.2, -0.15) is 5.26 Å². The second-order valence-corrected chi connectivity index (χ2v) is 6.66. The van der Waals surface area contributed by atoms with E-state index in [0.29, 0.717) is 37.3 Å². The Labute approximate surface area is 165 Å². The molecule has 0 bridgehead atoms. The van der Waals surface area contributed by atoms with Gasteiger partial charge in [0.1, 0.15) is 24.0 Å². The molecule has 146 valence electrons. The van der Waals surface area contributed by atoms with E-state index in [9.17, 15) is 9.59 Å². The molecule has 28 heavy (non-hydrogen) atoms. The highest BCUT2D eigenvalue weighted by Crippen LogP contribution is 2.17. The van der Waals surface area contributed by atoms with Crippen LogP contribution in [0, 0.1) is 25.2 Å². The normalized spacial score (nSPS) is 10.2. The molecule has 0 unspecified atom stereocenters. The maximum atomic E-state index is 12.5. The van der Waals surface area contributed by atoms with Crippen LogP contribution >= 0.6 is 0 Å². The zero-order valence-electron chi connectivity index (χ0n) is 16.5. The highest BCUT2D eigenvalue weighted by Gasteiger charge is 2.15. The number of carbonyl (C=O) groups is 1. The topological polar surface area (TPSA) is 86.2 Å². The Morgan fingerprint density at radius 1 is 1.32 bits per heavy atom. The minimum Gasteiger partial charge on any atom is -0.490 e. The lowest BCUT2D eigenvalue weighted by molar-refractivity contribution is -0.130. The summed E-state index contributed by atoms with van der Waals surface area (Å²) in [5.74, 6) is 0.755. The van der Waals surface area contributed by atoms with Gasteiger partial charge in [-0.1, -0.05) is 24.8 Å². The van der Waals surface area contributed by atoms with Crippen molar-refractivity contribution in [3.63, 3.8) is 0 Å². The number of H-pyrrole nitrogens is 1. The van der Waals surface area contributed by atoms with Crippen LogP contribution in [0.25, 0.3) is 0 Å². The third-order valence-corrected chi connectivity index (χ3v) is 4.65. The monoisotopic (exact) mass is 379 g/mol. The van der Waals surface area contributed by atoms with Crippen LogP contribution in [0.2, 0.25) is 0 Å². The van der Waals surface area contributed by atoms with Gasteiger partial charge in [-0.3, -0.25) is 9.59 Å². The zero-order chi connectivity index (χ0) is 20.7. The molecule has 0 radical (unpaired) electrons. The van der Waals surface area contributed by atoms with Crippen molar-refractivity contribution in [2.45, 2.75) is 33.2 Å². The van der Waals surface area contributed by atoms with Crippen molar-refractivity contribution < 1.29 is 9.53 Å². The lowest BCUT2D eigenvalue weighted by Gasteiger charge is -2.18. The van der Waals surface area contributed by atoms with Crippen LogP contribution in [0.5, 0.6) is 5.75 Å². The van der Waals surface area contributed by atoms with Crippen molar-refractivity contribution in [2.75, 3.05) is 13.7 Å². The molecular formula is C22H25N3O3. The van der Waals surface area contributed by atoms with E-state index in [1.54, 1.807) is 31.9 Å². The quantitative estimate of drug-likeness (QED) is 0.715. The highest BCUT2D eigenvalue weighted by atomic mass is 16.5. The van der Waals surface area contributed by atoms with Crippen molar-refractivity contribution in [3.05, 3.63) is 75.2 Å². The lowest BCUT2D eigenvalue weighted by atomic mass is 9.99. The van der Waals surface area contributed by atoms with Gasteiger partial charge in [-0.05, 0) is 49.1 Å². The largest absolute Gasteiger partial charge is 0.490 e. The summed E-state index contributed by atoms with van der Waals surface area (Å²) in [6.07, 6.45) is 2.46. The van der Waals surface area contributed by atoms with Crippen LogP contribution in [0.3, 0.4) is 0 Å². The molecule has 0 aliphatic heterocycles. The molecule has 0 fully saturated rings. The summed E-state index contributed by atoms with van der Waals surface area (Å²) >= 11 is 0. The van der Waals surface area contributed by atoms with Gasteiger partial charge in [0.2, 0.25) is 5.91 Å². The summed E-state index contributed by atoms with van der Waals surface area (Å²) in [7, 11) is 1.76. The predicted octanol–water partition coefficient (Wildman–Crippen LogP) is 3.02. The number of aromatic nitrogens is 1. The van der Waals surface area contributed by atoms with Crippen molar-refractivity contribution in [3.8, 4) is 11.8 Å². The van der Waals surface area contributed by atoms with Crippen LogP contribution in [0.15, 0.2) is 41.7 Å². The summed E-state index contributed by atoms with van der Waals surface area (Å²) in [4.78, 5) is 28.7. The second kappa shape index (κ2) is 9.56. The summed E-state index contributed by atoms with van der Waals surface area (Å²) in [6.45, 7) is 8.10. The van der Waals surface area contributed by atoms with Crippen LogP contribution in [-0.2, 0) is 17.8 Å². The first-order valence-electron chi connectivity index (χ1n) is 9.06. The van der Waals surface area contributed by atoms with Gasteiger partial charge in [-0.15, -0.1) is 0 Å². The fourth-order valence-corrected chi connectivity index (χ4v) is 3.05. The van der Waals surface area contributed by atoms with Gasteiger partial charge in [0.25, 0.3) is 5.56 Å². The van der Waals surface area contributed by atoms with Gasteiger partial charge in [0.05, 0.1) is 0 Å². The first-order valence-corrected chi connectivity index (χ1v) is 9.06. The highest BCUT2D eigenvalue weighted by molar-refractivity contribution is 5.76. The molecule has 1 heterocycles. The number of rotatable bonds is 8. The van der Waals surface area contributed by atoms with Gasteiger partial charge < -0.3 is 14.6 Å². The van der Waals surface area contributed by atoms with Crippen LogP contribution < -0.4 is 10.3 Å². The molecular weight excluding hydrogens is 354 g/mol. The van der Waals surface area contributed by atoms with Crippen LogP contribution in [0.4, 0.5) is 0 Å². The fraction of sp³-hybridized carbons (Fsp3) is 0.318. The number of aryl methyl sites for hydroxylation is 1. The van der Waals surface area contributed by atoms with E-state index >= 15 is 0 Å². The SMILES string of the molecule is C=CCOc1ccc(CN(C)C(=O)CCc2c(C)[nH]c(=O)c(C#N)c2C)cc1. The minimum atomic E-state index is -0.384. The number of benzene rings is 1. The molecule has 1 amide bonds. The molecule has 1 aromatic carbocycles. The summed E-state index contributed by atoms with van der Waals surface area (Å²) in [6, 6.07) is 9.53. The number of ether oxygens (including phenoxy) is 1. The molecule has 0 spiro atoms. The number of amides is 1. The minimum absolute atomic E-state index is 0.00417. The Morgan fingerprint density at radius 2 is 2.00 bits per heavy atom. The second-order valence-electron chi connectivity index (χ2n) is 6.66. The number of hydrogen-bond donors (Lipinski definition) is 1. The first kappa shape index (κ1) is 21.0. The Bertz CT molecular complexity index is 953. The van der Waals surface area contributed by atoms with Gasteiger partial charge in [-0.25, -0.2) is 0 Å². The van der Waals surface area contributed by atoms with Crippen molar-refractivity contribution in [2.24, 2.45) is 0 Å². The van der Waals surface area contributed by atoms with E-state index < -0.39 is 0 Å². The van der Waals surface area contributed by atoms with Crippen molar-refractivity contribution >= 4 is 5.91 Å². The van der Waals surface area contributed by atoms with E-state index in [1.165, 1.54) is 0 Å². The van der Waals surface area contributed by atoms with Gasteiger partial charge in [0, 0.05) is 25.7 Å². The molecule has 1 N–H and O–H groups in total. The summed E-state index contributed by atoms with van der Waals surface area (Å²) < 4.78 is 5.45. The van der Waals surface area contributed by atoms with E-state index in [1.807, 2.05) is 30.3 Å². The summed E-state index contributed by atoms with van der Waals surface area (Å²) in [5, 5.41) is 9.15. The zero-order valence-corrected chi connectivity index (χ0v) is 16.5. The Hall–Kier alpha value is -3.33. The number of pyridine rings is 1. The molecule has 1 aromatic heterocycles. The molecule has 0 saturated heterocycles. The van der Waals surface area contributed by atoms with E-state index in [4.69, 9.17) is 10.00 Å². The predicted molar refractivity (Wildman–Crippen MR) is 108 cm³/mol. The smallest absolute Gasteiger partial charge is 0.266 e. The third-order valence-electron chi connectivity index (χ3n) is 4.65. The molecule has 0 aliphatic carbocycles. The van der Waals surface area contributed by atoms with Crippen LogP contribution in [-0.4, -0.2) is 29.4 Å². The molecule has 6 heteroatoms. The molecule has 0 aliphatic rings. The molecule has 2 rings (SSSR count). The van der Waals surface area contributed by atoms with Crippen molar-refractivity contribution in [1.29, 1.82) is 5.26 Å². The molecule has 0 atom stereocenters. The maximum Gasteiger partial charge on any atom is 0.266 e. The number of carbonyl (C=O) groups excluding carboxylic acids is 1. The fourth-order valence-electron chi connectivity index (χ4n) is 3.05. The van der Waals surface area contributed by atoms with E-state index in [0.717, 1.165) is 16.9 Å². The molecule has 2 aromatic rings. The third kappa shape index (κ3) is 5.10. The standard InChI is InChI=1S/C22H25N3O3/c1-5-12-28-18-8-6-17(7-9-18)14-25(4)21(26)11-10-19-15(2)20(13-23)22(27)24-16(19)3/h5-9H,1,10-12,14H2,2-4H3,(H,24,27). The lowest BCUT2D eigenvalue weighted by Crippen LogP contribution is -2.27. The summed E-state index contributed by atoms with van der Waals surface area (Å²) in [5.41, 5.74) is 2.93. The molecule has 0 saturated carbocycles. The number of nitrogens with zero attached hydrogens (tertiary/aromatic N) is 2. The van der Waals surface area contributed by atoms with Gasteiger partial charge >= 0.3 is 0 Å². The number of hydrogen-bond acceptors (Lipinski definition) is 4. The Balaban J connectivity index is 1.99. The molecule has 6 nitrogen and oxygen atoms in total. The maximum absolute atomic E-state index is 12.5. The Kier molecular flexibility index (Phi) is 7.16. The van der Waals surface area contributed by atoms with Crippen molar-refractivity contribution in [1.82, 2.24) is 9.88 Å². The van der Waals surface area contributed by atoms with E-state index in [2.05, 4.69) is 11.6 Å². The van der Waals surface area contributed by atoms with Gasteiger partial charge in [0.15, 0.2) is 0 Å². The average molecular weight is 379 g/mol. The first-order chi connectivity index (χ1) is 13.4. The van der Waals surface area contributed by atoms with E-state index in [-0.39, 0.29) is 17.0 Å². The number of nitrogens with one attached hydrogen (secondary N) is 1. The average Bonchev–Trinajstić information content (AvgIpc) is 2.67. The Morgan fingerprint density at radius 3 is 2.61 bits per heavy atom. The number of nitriles is 1.